The molecule has 0 aliphatic carbocycles. The molecule has 0 spiro atoms. The van der Waals surface area contributed by atoms with Gasteiger partial charge in [-0.3, -0.25) is 14.0 Å². The molecule has 0 bridgehead atoms. The minimum Gasteiger partial charge on any atom is -0.381 e. The lowest BCUT2D eigenvalue weighted by atomic mass is 10.1. The summed E-state index contributed by atoms with van der Waals surface area (Å²) in [5.41, 5.74) is 0.598. The van der Waals surface area contributed by atoms with Gasteiger partial charge in [0.1, 0.15) is 4.90 Å². The average Bonchev–Trinajstić information content (AvgIpc) is 3.08. The van der Waals surface area contributed by atoms with Gasteiger partial charge in [-0.25, -0.2) is 8.42 Å². The number of hydrogen-bond acceptors (Lipinski definition) is 5. The summed E-state index contributed by atoms with van der Waals surface area (Å²) in [6.45, 7) is 3.52. The third kappa shape index (κ3) is 3.23. The lowest BCUT2D eigenvalue weighted by Gasteiger charge is -2.23. The fourth-order valence-electron chi connectivity index (χ4n) is 2.73. The van der Waals surface area contributed by atoms with E-state index in [0.717, 1.165) is 12.8 Å². The smallest absolute Gasteiger partial charge is 0.267 e. The van der Waals surface area contributed by atoms with Gasteiger partial charge in [-0.1, -0.05) is 0 Å². The highest BCUT2D eigenvalue weighted by molar-refractivity contribution is 7.92. The van der Waals surface area contributed by atoms with Crippen molar-refractivity contribution in [3.05, 3.63) is 36.9 Å². The summed E-state index contributed by atoms with van der Waals surface area (Å²) in [6, 6.07) is 3.57. The van der Waals surface area contributed by atoms with E-state index in [1.165, 1.54) is 10.5 Å². The number of sulfonamides is 1. The minimum absolute atomic E-state index is 0.198. The SMILES string of the molecule is CCN(c1ccncc1)S(=O)(=O)c1cnn(C2CCOCC2)c1. The summed E-state index contributed by atoms with van der Waals surface area (Å²) >= 11 is 0. The molecule has 0 saturated carbocycles. The average molecular weight is 336 g/mol. The Labute approximate surface area is 135 Å². The molecule has 8 heteroatoms. The first-order valence-electron chi connectivity index (χ1n) is 7.67. The predicted molar refractivity (Wildman–Crippen MR) is 85.8 cm³/mol. The fraction of sp³-hybridized carbons (Fsp3) is 0.467. The van der Waals surface area contributed by atoms with E-state index in [-0.39, 0.29) is 10.9 Å². The molecule has 1 saturated heterocycles. The van der Waals surface area contributed by atoms with Crippen molar-refractivity contribution in [3.63, 3.8) is 0 Å². The Morgan fingerprint density at radius 3 is 2.65 bits per heavy atom. The van der Waals surface area contributed by atoms with Gasteiger partial charge in [-0.05, 0) is 31.9 Å². The van der Waals surface area contributed by atoms with Gasteiger partial charge in [0, 0.05) is 38.3 Å². The summed E-state index contributed by atoms with van der Waals surface area (Å²) in [6.07, 6.45) is 7.91. The first-order chi connectivity index (χ1) is 11.1. The third-order valence-corrected chi connectivity index (χ3v) is 5.82. The van der Waals surface area contributed by atoms with Gasteiger partial charge < -0.3 is 4.74 Å². The fourth-order valence-corrected chi connectivity index (χ4v) is 4.15. The van der Waals surface area contributed by atoms with Crippen LogP contribution < -0.4 is 4.31 Å². The molecular weight excluding hydrogens is 316 g/mol. The van der Waals surface area contributed by atoms with Crippen molar-refractivity contribution in [3.8, 4) is 0 Å². The van der Waals surface area contributed by atoms with Crippen LogP contribution >= 0.6 is 0 Å². The maximum absolute atomic E-state index is 12.9. The zero-order valence-corrected chi connectivity index (χ0v) is 13.8. The van der Waals surface area contributed by atoms with E-state index in [2.05, 4.69) is 10.1 Å². The Morgan fingerprint density at radius 1 is 1.30 bits per heavy atom. The summed E-state index contributed by atoms with van der Waals surface area (Å²) < 4.78 is 34.2. The summed E-state index contributed by atoms with van der Waals surface area (Å²) in [5.74, 6) is 0. The van der Waals surface area contributed by atoms with Crippen molar-refractivity contribution < 1.29 is 13.2 Å². The normalized spacial score (nSPS) is 16.4. The number of hydrogen-bond donors (Lipinski definition) is 0. The Bertz CT molecular complexity index is 739. The van der Waals surface area contributed by atoms with E-state index in [0.29, 0.717) is 25.4 Å². The zero-order valence-electron chi connectivity index (χ0n) is 13.0. The van der Waals surface area contributed by atoms with E-state index in [9.17, 15) is 8.42 Å². The molecule has 7 nitrogen and oxygen atoms in total. The van der Waals surface area contributed by atoms with Crippen LogP contribution in [0.2, 0.25) is 0 Å². The summed E-state index contributed by atoms with van der Waals surface area (Å²) in [7, 11) is -3.63. The first-order valence-corrected chi connectivity index (χ1v) is 9.11. The molecule has 124 valence electrons. The molecule has 2 aromatic heterocycles. The molecule has 0 N–H and O–H groups in total. The van der Waals surface area contributed by atoms with Crippen LogP contribution in [0.25, 0.3) is 0 Å². The predicted octanol–water partition coefficient (Wildman–Crippen LogP) is 1.84. The van der Waals surface area contributed by atoms with E-state index in [4.69, 9.17) is 4.74 Å². The molecule has 0 radical (unpaired) electrons. The van der Waals surface area contributed by atoms with Crippen molar-refractivity contribution >= 4 is 15.7 Å². The van der Waals surface area contributed by atoms with Crippen molar-refractivity contribution in [2.75, 3.05) is 24.1 Å². The number of rotatable bonds is 5. The second-order valence-corrected chi connectivity index (χ2v) is 7.24. The van der Waals surface area contributed by atoms with Crippen LogP contribution in [0.4, 0.5) is 5.69 Å². The topological polar surface area (TPSA) is 77.3 Å². The quantitative estimate of drug-likeness (QED) is 0.833. The van der Waals surface area contributed by atoms with Crippen LogP contribution in [0.15, 0.2) is 41.8 Å². The molecule has 3 rings (SSSR count). The summed E-state index contributed by atoms with van der Waals surface area (Å²) in [5, 5.41) is 4.26. The highest BCUT2D eigenvalue weighted by atomic mass is 32.2. The maximum Gasteiger partial charge on any atom is 0.267 e. The van der Waals surface area contributed by atoms with Crippen molar-refractivity contribution in [1.82, 2.24) is 14.8 Å². The first kappa shape index (κ1) is 15.9. The molecule has 0 unspecified atom stereocenters. The number of ether oxygens (including phenoxy) is 1. The Hall–Kier alpha value is -1.93. The largest absolute Gasteiger partial charge is 0.381 e. The van der Waals surface area contributed by atoms with Gasteiger partial charge >= 0.3 is 0 Å². The number of aromatic nitrogens is 3. The van der Waals surface area contributed by atoms with Crippen LogP contribution in [-0.2, 0) is 14.8 Å². The van der Waals surface area contributed by atoms with Gasteiger partial charge in [-0.15, -0.1) is 0 Å². The molecule has 1 aliphatic rings. The lowest BCUT2D eigenvalue weighted by molar-refractivity contribution is 0.0662. The second kappa shape index (κ2) is 6.67. The monoisotopic (exact) mass is 336 g/mol. The third-order valence-electron chi connectivity index (χ3n) is 3.97. The van der Waals surface area contributed by atoms with Gasteiger partial charge in [0.25, 0.3) is 10.0 Å². The van der Waals surface area contributed by atoms with E-state index < -0.39 is 10.0 Å². The molecule has 0 atom stereocenters. The number of anilines is 1. The standard InChI is InChI=1S/C15H20N4O3S/c1-2-19(14-3-7-16-8-4-14)23(20,21)15-11-17-18(12-15)13-5-9-22-10-6-13/h3-4,7-8,11-13H,2,5-6,9-10H2,1H3. The lowest BCUT2D eigenvalue weighted by Crippen LogP contribution is -2.30. The van der Waals surface area contributed by atoms with Crippen LogP contribution in [-0.4, -0.2) is 42.9 Å². The van der Waals surface area contributed by atoms with Crippen LogP contribution in [0.3, 0.4) is 0 Å². The summed E-state index contributed by atoms with van der Waals surface area (Å²) in [4.78, 5) is 4.14. The molecule has 3 heterocycles. The molecule has 1 fully saturated rings. The van der Waals surface area contributed by atoms with Gasteiger partial charge in [0.2, 0.25) is 0 Å². The van der Waals surface area contributed by atoms with Gasteiger partial charge in [0.05, 0.1) is 17.9 Å². The highest BCUT2D eigenvalue weighted by Crippen LogP contribution is 2.25. The van der Waals surface area contributed by atoms with Crippen molar-refractivity contribution in [1.29, 1.82) is 0 Å². The second-order valence-electron chi connectivity index (χ2n) is 5.37. The number of pyridine rings is 1. The van der Waals surface area contributed by atoms with Crippen molar-refractivity contribution in [2.45, 2.75) is 30.7 Å². The number of nitrogens with zero attached hydrogens (tertiary/aromatic N) is 4. The molecule has 0 aromatic carbocycles. The minimum atomic E-state index is -3.63. The Balaban J connectivity index is 1.88. The zero-order chi connectivity index (χ0) is 16.3. The van der Waals surface area contributed by atoms with Gasteiger partial charge in [-0.2, -0.15) is 5.10 Å². The van der Waals surface area contributed by atoms with Gasteiger partial charge in [0.15, 0.2) is 0 Å². The van der Waals surface area contributed by atoms with E-state index >= 15 is 0 Å². The maximum atomic E-state index is 12.9. The van der Waals surface area contributed by atoms with E-state index in [1.54, 1.807) is 42.3 Å². The van der Waals surface area contributed by atoms with Crippen LogP contribution in [0.1, 0.15) is 25.8 Å². The molecule has 1 aliphatic heterocycles. The van der Waals surface area contributed by atoms with Crippen LogP contribution in [0.5, 0.6) is 0 Å². The van der Waals surface area contributed by atoms with E-state index in [1.807, 2.05) is 0 Å². The Morgan fingerprint density at radius 2 is 2.00 bits per heavy atom. The van der Waals surface area contributed by atoms with Crippen LogP contribution in [0, 0.1) is 0 Å². The highest BCUT2D eigenvalue weighted by Gasteiger charge is 2.26. The molecule has 23 heavy (non-hydrogen) atoms. The molecular formula is C15H20N4O3S. The Kier molecular flexibility index (Phi) is 4.63. The van der Waals surface area contributed by atoms with Crippen molar-refractivity contribution in [2.24, 2.45) is 0 Å². The molecule has 2 aromatic rings. The molecule has 0 amide bonds.